The number of nitrogens with one attached hydrogen (secondary N) is 2. The third-order valence-corrected chi connectivity index (χ3v) is 6.76. The summed E-state index contributed by atoms with van der Waals surface area (Å²) in [7, 11) is 0. The van der Waals surface area contributed by atoms with Gasteiger partial charge in [-0.05, 0) is 73.6 Å². The molecule has 2 unspecified atom stereocenters. The highest BCUT2D eigenvalue weighted by molar-refractivity contribution is 5.95. The van der Waals surface area contributed by atoms with E-state index in [1.807, 2.05) is 0 Å². The van der Waals surface area contributed by atoms with Gasteiger partial charge in [0.15, 0.2) is 0 Å². The van der Waals surface area contributed by atoms with Crippen LogP contribution in [0.25, 0.3) is 0 Å². The molecule has 0 aromatic heterocycles. The van der Waals surface area contributed by atoms with Gasteiger partial charge in [0.2, 0.25) is 5.91 Å². The Labute approximate surface area is 200 Å². The zero-order chi connectivity index (χ0) is 23.9. The van der Waals surface area contributed by atoms with E-state index in [1.165, 1.54) is 24.2 Å². The number of carbonyl (C=O) groups excluding carboxylic acids is 1. The van der Waals surface area contributed by atoms with Gasteiger partial charge in [-0.2, -0.15) is 0 Å². The SMILES string of the molecule is NC(Cc1ccc(N2CCNCC2CC2CCOCC2)cc1)C(=O)Nc1ccc(C(=O)O)cc1. The predicted octanol–water partition coefficient (Wildman–Crippen LogP) is 2.49. The second-order valence-corrected chi connectivity index (χ2v) is 9.19. The fraction of sp³-hybridized carbons (Fsp3) is 0.462. The van der Waals surface area contributed by atoms with Gasteiger partial charge in [-0.15, -0.1) is 0 Å². The van der Waals surface area contributed by atoms with E-state index >= 15 is 0 Å². The molecule has 2 heterocycles. The lowest BCUT2D eigenvalue weighted by Crippen LogP contribution is -2.52. The van der Waals surface area contributed by atoms with Crippen molar-refractivity contribution >= 4 is 23.3 Å². The molecule has 182 valence electrons. The van der Waals surface area contributed by atoms with E-state index in [0.717, 1.165) is 57.2 Å². The van der Waals surface area contributed by atoms with Crippen LogP contribution in [0.4, 0.5) is 11.4 Å². The van der Waals surface area contributed by atoms with Gasteiger partial charge in [0.05, 0.1) is 11.6 Å². The van der Waals surface area contributed by atoms with Crippen molar-refractivity contribution in [3.8, 4) is 0 Å². The number of ether oxygens (including phenoxy) is 1. The number of aromatic carboxylic acids is 1. The number of hydrogen-bond donors (Lipinski definition) is 4. The van der Waals surface area contributed by atoms with Crippen LogP contribution in [0, 0.1) is 5.92 Å². The van der Waals surface area contributed by atoms with Crippen LogP contribution in [0.15, 0.2) is 48.5 Å². The number of hydrogen-bond acceptors (Lipinski definition) is 6. The maximum absolute atomic E-state index is 12.5. The van der Waals surface area contributed by atoms with Crippen molar-refractivity contribution in [3.05, 3.63) is 59.7 Å². The Morgan fingerprint density at radius 2 is 1.82 bits per heavy atom. The van der Waals surface area contributed by atoms with Crippen molar-refractivity contribution in [2.75, 3.05) is 43.1 Å². The summed E-state index contributed by atoms with van der Waals surface area (Å²) < 4.78 is 5.52. The second kappa shape index (κ2) is 11.5. The number of carboxylic acid groups (broad SMARTS) is 1. The lowest BCUT2D eigenvalue weighted by molar-refractivity contribution is -0.117. The number of nitrogens with zero attached hydrogens (tertiary/aromatic N) is 1. The molecule has 2 aromatic rings. The largest absolute Gasteiger partial charge is 0.478 e. The van der Waals surface area contributed by atoms with Gasteiger partial charge in [-0.3, -0.25) is 4.79 Å². The smallest absolute Gasteiger partial charge is 0.335 e. The maximum atomic E-state index is 12.5. The number of rotatable bonds is 8. The van der Waals surface area contributed by atoms with E-state index < -0.39 is 12.0 Å². The highest BCUT2D eigenvalue weighted by Gasteiger charge is 2.26. The Kier molecular flexibility index (Phi) is 8.16. The summed E-state index contributed by atoms with van der Waals surface area (Å²) in [5.41, 5.74) is 9.05. The molecule has 2 aromatic carbocycles. The van der Waals surface area contributed by atoms with Crippen molar-refractivity contribution < 1.29 is 19.4 Å². The van der Waals surface area contributed by atoms with Crippen LogP contribution in [0.5, 0.6) is 0 Å². The molecule has 0 bridgehead atoms. The fourth-order valence-corrected chi connectivity index (χ4v) is 4.78. The fourth-order valence-electron chi connectivity index (χ4n) is 4.78. The van der Waals surface area contributed by atoms with Gasteiger partial charge in [0, 0.05) is 50.3 Å². The number of amides is 1. The minimum Gasteiger partial charge on any atom is -0.478 e. The Balaban J connectivity index is 1.32. The topological polar surface area (TPSA) is 117 Å². The molecule has 0 aliphatic carbocycles. The first-order valence-corrected chi connectivity index (χ1v) is 12.0. The predicted molar refractivity (Wildman–Crippen MR) is 132 cm³/mol. The van der Waals surface area contributed by atoms with Gasteiger partial charge in [-0.25, -0.2) is 4.79 Å². The minimum atomic E-state index is -1.01. The van der Waals surface area contributed by atoms with Gasteiger partial charge < -0.3 is 31.1 Å². The monoisotopic (exact) mass is 466 g/mol. The number of anilines is 2. The van der Waals surface area contributed by atoms with E-state index in [4.69, 9.17) is 15.6 Å². The van der Waals surface area contributed by atoms with E-state index in [-0.39, 0.29) is 11.5 Å². The van der Waals surface area contributed by atoms with E-state index in [1.54, 1.807) is 12.1 Å². The molecule has 8 nitrogen and oxygen atoms in total. The van der Waals surface area contributed by atoms with Crippen LogP contribution < -0.4 is 21.3 Å². The van der Waals surface area contributed by atoms with Gasteiger partial charge >= 0.3 is 5.97 Å². The van der Waals surface area contributed by atoms with Crippen LogP contribution >= 0.6 is 0 Å². The molecule has 0 saturated carbocycles. The van der Waals surface area contributed by atoms with Gasteiger partial charge in [-0.1, -0.05) is 12.1 Å². The zero-order valence-corrected chi connectivity index (χ0v) is 19.4. The molecule has 4 rings (SSSR count). The number of carbonyl (C=O) groups is 2. The summed E-state index contributed by atoms with van der Waals surface area (Å²) in [5, 5.41) is 15.3. The van der Waals surface area contributed by atoms with Crippen LogP contribution in [0.2, 0.25) is 0 Å². The third-order valence-electron chi connectivity index (χ3n) is 6.76. The molecule has 2 aliphatic rings. The highest BCUT2D eigenvalue weighted by Crippen LogP contribution is 2.27. The summed E-state index contributed by atoms with van der Waals surface area (Å²) in [6.45, 7) is 4.71. The first-order chi connectivity index (χ1) is 16.5. The van der Waals surface area contributed by atoms with E-state index in [9.17, 15) is 9.59 Å². The molecule has 2 aliphatic heterocycles. The number of nitrogens with two attached hydrogens (primary N) is 1. The molecule has 2 fully saturated rings. The first kappa shape index (κ1) is 24.2. The van der Waals surface area contributed by atoms with Crippen LogP contribution in [0.1, 0.15) is 35.2 Å². The van der Waals surface area contributed by atoms with Gasteiger partial charge in [0.1, 0.15) is 0 Å². The van der Waals surface area contributed by atoms with E-state index in [2.05, 4.69) is 39.8 Å². The quantitative estimate of drug-likeness (QED) is 0.472. The number of benzene rings is 2. The summed E-state index contributed by atoms with van der Waals surface area (Å²) >= 11 is 0. The van der Waals surface area contributed by atoms with E-state index in [0.29, 0.717) is 18.2 Å². The summed E-state index contributed by atoms with van der Waals surface area (Å²) in [6, 6.07) is 14.2. The first-order valence-electron chi connectivity index (χ1n) is 12.0. The number of carboxylic acids is 1. The maximum Gasteiger partial charge on any atom is 0.335 e. The molecule has 5 N–H and O–H groups in total. The lowest BCUT2D eigenvalue weighted by Gasteiger charge is -2.40. The Morgan fingerprint density at radius 1 is 1.12 bits per heavy atom. The minimum absolute atomic E-state index is 0.168. The third kappa shape index (κ3) is 6.34. The van der Waals surface area contributed by atoms with Crippen LogP contribution in [0.3, 0.4) is 0 Å². The summed E-state index contributed by atoms with van der Waals surface area (Å²) in [6.07, 6.45) is 3.89. The molecule has 34 heavy (non-hydrogen) atoms. The molecule has 2 saturated heterocycles. The van der Waals surface area contributed by atoms with Crippen molar-refractivity contribution in [2.45, 2.75) is 37.8 Å². The average molecular weight is 467 g/mol. The summed E-state index contributed by atoms with van der Waals surface area (Å²) in [4.78, 5) is 26.0. The standard InChI is InChI=1S/C26H34N4O4/c27-24(25(31)29-21-5-3-20(4-6-21)26(32)33)16-18-1-7-22(8-2-18)30-12-11-28-17-23(30)15-19-9-13-34-14-10-19/h1-8,19,23-24,28H,9-17,27H2,(H,29,31)(H,32,33). The Bertz CT molecular complexity index is 958. The molecular formula is C26H34N4O4. The average Bonchev–Trinajstić information content (AvgIpc) is 2.86. The molecule has 0 radical (unpaired) electrons. The Morgan fingerprint density at radius 3 is 2.50 bits per heavy atom. The van der Waals surface area contributed by atoms with Gasteiger partial charge in [0.25, 0.3) is 0 Å². The normalized spacial score (nSPS) is 20.0. The van der Waals surface area contributed by atoms with Crippen molar-refractivity contribution in [1.82, 2.24) is 5.32 Å². The molecule has 2 atom stereocenters. The molecule has 0 spiro atoms. The van der Waals surface area contributed by atoms with Crippen molar-refractivity contribution in [3.63, 3.8) is 0 Å². The molecule has 8 heteroatoms. The molecular weight excluding hydrogens is 432 g/mol. The number of piperazine rings is 1. The van der Waals surface area contributed by atoms with Crippen molar-refractivity contribution in [2.24, 2.45) is 11.7 Å². The van der Waals surface area contributed by atoms with Crippen LogP contribution in [-0.2, 0) is 16.0 Å². The van der Waals surface area contributed by atoms with Crippen molar-refractivity contribution in [1.29, 1.82) is 0 Å². The Hall–Kier alpha value is -2.94. The second-order valence-electron chi connectivity index (χ2n) is 9.19. The zero-order valence-electron chi connectivity index (χ0n) is 19.4. The van der Waals surface area contributed by atoms with Crippen LogP contribution in [-0.4, -0.2) is 61.9 Å². The highest BCUT2D eigenvalue weighted by atomic mass is 16.5. The lowest BCUT2D eigenvalue weighted by atomic mass is 9.91. The summed E-state index contributed by atoms with van der Waals surface area (Å²) in [5.74, 6) is -0.586. The molecule has 1 amide bonds.